The van der Waals surface area contributed by atoms with E-state index in [2.05, 4.69) is 10.3 Å². The number of halogens is 3. The lowest BCUT2D eigenvalue weighted by Crippen LogP contribution is -2.37. The molecular formula is C15H15F3N4O2. The van der Waals surface area contributed by atoms with Gasteiger partial charge >= 0.3 is 6.18 Å². The summed E-state index contributed by atoms with van der Waals surface area (Å²) in [7, 11) is 0. The van der Waals surface area contributed by atoms with Crippen molar-refractivity contribution >= 4 is 5.91 Å². The van der Waals surface area contributed by atoms with Gasteiger partial charge in [0.15, 0.2) is 5.69 Å². The second-order valence-electron chi connectivity index (χ2n) is 5.57. The molecule has 2 heterocycles. The summed E-state index contributed by atoms with van der Waals surface area (Å²) in [6.07, 6.45) is -1.66. The summed E-state index contributed by atoms with van der Waals surface area (Å²) in [5, 5.41) is 16.8. The highest BCUT2D eigenvalue weighted by atomic mass is 19.4. The van der Waals surface area contributed by atoms with Crippen LogP contribution in [0, 0.1) is 0 Å². The largest absolute Gasteiger partial charge is 0.416 e. The summed E-state index contributed by atoms with van der Waals surface area (Å²) in [5.41, 5.74) is -0.604. The maximum Gasteiger partial charge on any atom is 0.416 e. The van der Waals surface area contributed by atoms with Gasteiger partial charge in [-0.2, -0.15) is 13.2 Å². The van der Waals surface area contributed by atoms with E-state index in [-0.39, 0.29) is 29.9 Å². The van der Waals surface area contributed by atoms with Gasteiger partial charge in [0.1, 0.15) is 0 Å². The number of carbonyl (C=O) groups excluding carboxylic acids is 1. The Morgan fingerprint density at radius 1 is 1.38 bits per heavy atom. The maximum absolute atomic E-state index is 12.8. The van der Waals surface area contributed by atoms with E-state index < -0.39 is 11.7 Å². The lowest BCUT2D eigenvalue weighted by atomic mass is 10.2. The summed E-state index contributed by atoms with van der Waals surface area (Å²) >= 11 is 0. The summed E-state index contributed by atoms with van der Waals surface area (Å²) in [5.74, 6) is -0.384. The van der Waals surface area contributed by atoms with E-state index in [9.17, 15) is 23.1 Å². The number of likely N-dealkylation sites (tertiary alicyclic amines) is 1. The molecular weight excluding hydrogens is 325 g/mol. The van der Waals surface area contributed by atoms with E-state index in [4.69, 9.17) is 0 Å². The number of amides is 1. The van der Waals surface area contributed by atoms with Crippen LogP contribution in [0.15, 0.2) is 30.5 Å². The molecule has 1 saturated heterocycles. The van der Waals surface area contributed by atoms with E-state index >= 15 is 0 Å². The van der Waals surface area contributed by atoms with Crippen molar-refractivity contribution in [2.75, 3.05) is 13.2 Å². The number of hydrogen-bond acceptors (Lipinski definition) is 4. The van der Waals surface area contributed by atoms with E-state index in [0.717, 1.165) is 23.2 Å². The fourth-order valence-electron chi connectivity index (χ4n) is 2.75. The van der Waals surface area contributed by atoms with Crippen LogP contribution in [0.5, 0.6) is 0 Å². The molecule has 1 fully saturated rings. The minimum absolute atomic E-state index is 0.0350. The predicted molar refractivity (Wildman–Crippen MR) is 77.5 cm³/mol. The van der Waals surface area contributed by atoms with Crippen molar-refractivity contribution in [3.05, 3.63) is 41.7 Å². The van der Waals surface area contributed by atoms with E-state index in [1.54, 1.807) is 0 Å². The second kappa shape index (κ2) is 6.23. The number of hydrogen-bond donors (Lipinski definition) is 1. The Kier molecular flexibility index (Phi) is 4.27. The van der Waals surface area contributed by atoms with Crippen molar-refractivity contribution < 1.29 is 23.1 Å². The molecule has 24 heavy (non-hydrogen) atoms. The van der Waals surface area contributed by atoms with Gasteiger partial charge in [0, 0.05) is 6.54 Å². The fraction of sp³-hybridized carbons (Fsp3) is 0.400. The molecule has 0 unspecified atom stereocenters. The Hall–Kier alpha value is -2.42. The van der Waals surface area contributed by atoms with Gasteiger partial charge in [-0.25, -0.2) is 4.68 Å². The van der Waals surface area contributed by atoms with Crippen LogP contribution in [0.25, 0.3) is 5.69 Å². The summed E-state index contributed by atoms with van der Waals surface area (Å²) in [6, 6.07) is 4.36. The predicted octanol–water partition coefficient (Wildman–Crippen LogP) is 1.88. The molecule has 1 aromatic heterocycles. The summed E-state index contributed by atoms with van der Waals surface area (Å²) in [6.45, 7) is 0.383. The molecule has 1 atom stereocenters. The lowest BCUT2D eigenvalue weighted by Gasteiger charge is -2.21. The second-order valence-corrected chi connectivity index (χ2v) is 5.57. The van der Waals surface area contributed by atoms with Gasteiger partial charge in [-0.15, -0.1) is 5.10 Å². The van der Waals surface area contributed by atoms with Crippen molar-refractivity contribution in [1.82, 2.24) is 19.9 Å². The van der Waals surface area contributed by atoms with Gasteiger partial charge in [0.05, 0.1) is 30.1 Å². The minimum Gasteiger partial charge on any atom is -0.394 e. The Morgan fingerprint density at radius 3 is 2.88 bits per heavy atom. The van der Waals surface area contributed by atoms with Crippen LogP contribution in [0.2, 0.25) is 0 Å². The van der Waals surface area contributed by atoms with Crippen LogP contribution >= 0.6 is 0 Å². The van der Waals surface area contributed by atoms with Gasteiger partial charge in [-0.1, -0.05) is 11.3 Å². The van der Waals surface area contributed by atoms with Crippen molar-refractivity contribution in [1.29, 1.82) is 0 Å². The number of carbonyl (C=O) groups is 1. The molecule has 2 aromatic rings. The third kappa shape index (κ3) is 3.12. The Morgan fingerprint density at radius 2 is 2.17 bits per heavy atom. The van der Waals surface area contributed by atoms with Crippen LogP contribution in [-0.4, -0.2) is 50.1 Å². The third-order valence-electron chi connectivity index (χ3n) is 4.00. The van der Waals surface area contributed by atoms with Gasteiger partial charge in [-0.05, 0) is 31.0 Å². The van der Waals surface area contributed by atoms with Gasteiger partial charge < -0.3 is 10.0 Å². The van der Waals surface area contributed by atoms with E-state index in [1.807, 2.05) is 0 Å². The zero-order chi connectivity index (χ0) is 17.3. The average molecular weight is 340 g/mol. The highest BCUT2D eigenvalue weighted by molar-refractivity contribution is 5.92. The Labute approximate surface area is 135 Å². The van der Waals surface area contributed by atoms with Crippen molar-refractivity contribution in [2.45, 2.75) is 25.1 Å². The monoisotopic (exact) mass is 340 g/mol. The first-order chi connectivity index (χ1) is 11.4. The third-order valence-corrected chi connectivity index (χ3v) is 4.00. The summed E-state index contributed by atoms with van der Waals surface area (Å²) in [4.78, 5) is 13.9. The average Bonchev–Trinajstić information content (AvgIpc) is 3.22. The topological polar surface area (TPSA) is 71.2 Å². The number of aromatic nitrogens is 3. The number of aliphatic hydroxyl groups excluding tert-OH is 1. The fourth-order valence-corrected chi connectivity index (χ4v) is 2.75. The SMILES string of the molecule is O=C(c1cn(-c2cccc(C(F)(F)F)c2)nn1)N1CCC[C@@H]1CO. The number of benzene rings is 1. The number of aliphatic hydroxyl groups is 1. The van der Waals surface area contributed by atoms with E-state index in [1.165, 1.54) is 23.2 Å². The van der Waals surface area contributed by atoms with Crippen molar-refractivity contribution in [3.8, 4) is 5.69 Å². The normalized spacial score (nSPS) is 18.2. The molecule has 0 radical (unpaired) electrons. The zero-order valence-electron chi connectivity index (χ0n) is 12.6. The lowest BCUT2D eigenvalue weighted by molar-refractivity contribution is -0.137. The zero-order valence-corrected chi connectivity index (χ0v) is 12.6. The molecule has 6 nitrogen and oxygen atoms in total. The molecule has 0 bridgehead atoms. The molecule has 0 aliphatic carbocycles. The first kappa shape index (κ1) is 16.4. The Bertz CT molecular complexity index is 744. The first-order valence-electron chi connectivity index (χ1n) is 7.42. The van der Waals surface area contributed by atoms with E-state index in [0.29, 0.717) is 13.0 Å². The molecule has 0 saturated carbocycles. The van der Waals surface area contributed by atoms with Crippen molar-refractivity contribution in [3.63, 3.8) is 0 Å². The molecule has 1 aliphatic heterocycles. The molecule has 1 aliphatic rings. The number of alkyl halides is 3. The molecule has 128 valence electrons. The maximum atomic E-state index is 12.8. The van der Waals surface area contributed by atoms with Crippen LogP contribution < -0.4 is 0 Å². The van der Waals surface area contributed by atoms with Gasteiger partial charge in [0.2, 0.25) is 0 Å². The Balaban J connectivity index is 1.85. The van der Waals surface area contributed by atoms with Crippen molar-refractivity contribution in [2.24, 2.45) is 0 Å². The highest BCUT2D eigenvalue weighted by Gasteiger charge is 2.32. The molecule has 9 heteroatoms. The van der Waals surface area contributed by atoms with Gasteiger partial charge in [-0.3, -0.25) is 4.79 Å². The van der Waals surface area contributed by atoms with Crippen LogP contribution in [0.3, 0.4) is 0 Å². The van der Waals surface area contributed by atoms with Crippen LogP contribution in [-0.2, 0) is 6.18 Å². The standard InChI is InChI=1S/C15H15F3N4O2/c16-15(17,18)10-3-1-4-11(7-10)22-8-13(19-20-22)14(24)21-6-2-5-12(21)9-23/h1,3-4,7-8,12,23H,2,5-6,9H2/t12-/m1/s1. The van der Waals surface area contributed by atoms with Crippen LogP contribution in [0.4, 0.5) is 13.2 Å². The van der Waals surface area contributed by atoms with Gasteiger partial charge in [0.25, 0.3) is 5.91 Å². The molecule has 3 rings (SSSR count). The molecule has 1 amide bonds. The molecule has 0 spiro atoms. The number of nitrogens with zero attached hydrogens (tertiary/aromatic N) is 4. The van der Waals surface area contributed by atoms with Crippen LogP contribution in [0.1, 0.15) is 28.9 Å². The molecule has 1 aromatic carbocycles. The number of rotatable bonds is 3. The minimum atomic E-state index is -4.46. The first-order valence-corrected chi connectivity index (χ1v) is 7.42. The highest BCUT2D eigenvalue weighted by Crippen LogP contribution is 2.30. The quantitative estimate of drug-likeness (QED) is 0.926. The summed E-state index contributed by atoms with van der Waals surface area (Å²) < 4.78 is 39.5. The molecule has 1 N–H and O–H groups in total. The smallest absolute Gasteiger partial charge is 0.394 e.